The van der Waals surface area contributed by atoms with Crippen LogP contribution in [0.3, 0.4) is 0 Å². The first-order chi connectivity index (χ1) is 14.5. The number of hydrogen-bond acceptors (Lipinski definition) is 5. The minimum Gasteiger partial charge on any atom is -0.486 e. The Labute approximate surface area is 180 Å². The lowest BCUT2D eigenvalue weighted by Gasteiger charge is -2.20. The van der Waals surface area contributed by atoms with Crippen LogP contribution in [0, 0.1) is 5.82 Å². The highest BCUT2D eigenvalue weighted by molar-refractivity contribution is 7.89. The van der Waals surface area contributed by atoms with Crippen molar-refractivity contribution in [2.24, 2.45) is 0 Å². The van der Waals surface area contributed by atoms with E-state index < -0.39 is 21.5 Å². The third-order valence-electron chi connectivity index (χ3n) is 3.92. The summed E-state index contributed by atoms with van der Waals surface area (Å²) in [6.45, 7) is 5.28. The van der Waals surface area contributed by atoms with Crippen molar-refractivity contribution in [1.82, 2.24) is 4.72 Å². The van der Waals surface area contributed by atoms with Gasteiger partial charge in [-0.25, -0.2) is 17.5 Å². The molecule has 0 aliphatic carbocycles. The molecular formula is C22H23FN2O5S. The molecule has 0 saturated heterocycles. The lowest BCUT2D eigenvalue weighted by molar-refractivity contribution is 0.0992. The first-order valence-electron chi connectivity index (χ1n) is 9.44. The number of rotatable bonds is 7. The Hall–Kier alpha value is -3.17. The van der Waals surface area contributed by atoms with E-state index in [9.17, 15) is 17.6 Å². The van der Waals surface area contributed by atoms with Gasteiger partial charge in [-0.05, 0) is 75.4 Å². The highest BCUT2D eigenvalue weighted by Crippen LogP contribution is 2.19. The summed E-state index contributed by atoms with van der Waals surface area (Å²) in [5.74, 6) is 0.00591. The standard InChI is InChI=1S/C22H23FN2O5S/c1-22(2,3)25-31(27,28)19-6-4-5-16(13-19)24-21(26)20-12-11-18(30-20)14-29-17-9-7-15(23)8-10-17/h4-13,25H,14H2,1-3H3,(H,24,26). The second kappa shape index (κ2) is 8.91. The quantitative estimate of drug-likeness (QED) is 0.563. The molecule has 0 atom stereocenters. The number of sulfonamides is 1. The fourth-order valence-electron chi connectivity index (χ4n) is 2.66. The van der Waals surface area contributed by atoms with Gasteiger partial charge in [0.1, 0.15) is 23.9 Å². The lowest BCUT2D eigenvalue weighted by atomic mass is 10.1. The third kappa shape index (κ3) is 6.40. The molecule has 1 amide bonds. The van der Waals surface area contributed by atoms with Crippen LogP contribution in [0.5, 0.6) is 5.75 Å². The molecule has 1 aromatic heterocycles. The lowest BCUT2D eigenvalue weighted by Crippen LogP contribution is -2.40. The van der Waals surface area contributed by atoms with E-state index in [4.69, 9.17) is 9.15 Å². The Kier molecular flexibility index (Phi) is 6.47. The van der Waals surface area contributed by atoms with Crippen molar-refractivity contribution in [2.45, 2.75) is 37.8 Å². The van der Waals surface area contributed by atoms with Crippen molar-refractivity contribution >= 4 is 21.6 Å². The van der Waals surface area contributed by atoms with Crippen molar-refractivity contribution in [3.63, 3.8) is 0 Å². The number of carbonyl (C=O) groups is 1. The number of carbonyl (C=O) groups excluding carboxylic acids is 1. The fourth-order valence-corrected chi connectivity index (χ4v) is 4.12. The molecule has 0 saturated carbocycles. The molecule has 0 bridgehead atoms. The molecule has 7 nitrogen and oxygen atoms in total. The van der Waals surface area contributed by atoms with E-state index in [1.165, 1.54) is 48.5 Å². The smallest absolute Gasteiger partial charge is 0.291 e. The Morgan fingerprint density at radius 2 is 1.77 bits per heavy atom. The summed E-state index contributed by atoms with van der Waals surface area (Å²) in [4.78, 5) is 12.5. The molecule has 0 aliphatic rings. The van der Waals surface area contributed by atoms with Gasteiger partial charge in [0.05, 0.1) is 4.90 Å². The molecule has 3 rings (SSSR count). The minimum atomic E-state index is -3.74. The maximum absolute atomic E-state index is 12.9. The van der Waals surface area contributed by atoms with Crippen molar-refractivity contribution in [3.8, 4) is 5.75 Å². The zero-order valence-electron chi connectivity index (χ0n) is 17.3. The van der Waals surface area contributed by atoms with Crippen molar-refractivity contribution in [1.29, 1.82) is 0 Å². The first-order valence-corrected chi connectivity index (χ1v) is 10.9. The van der Waals surface area contributed by atoms with Crippen LogP contribution in [0.1, 0.15) is 37.1 Å². The van der Waals surface area contributed by atoms with Crippen LogP contribution in [0.15, 0.2) is 70.0 Å². The van der Waals surface area contributed by atoms with Crippen molar-refractivity contribution < 1.29 is 26.8 Å². The average molecular weight is 447 g/mol. The molecule has 0 unspecified atom stereocenters. The van der Waals surface area contributed by atoms with Crippen LogP contribution in [0.4, 0.5) is 10.1 Å². The number of ether oxygens (including phenoxy) is 1. The van der Waals surface area contributed by atoms with E-state index in [0.29, 0.717) is 17.2 Å². The summed E-state index contributed by atoms with van der Waals surface area (Å²) in [7, 11) is -3.74. The van der Waals surface area contributed by atoms with Crippen LogP contribution in [0.2, 0.25) is 0 Å². The molecule has 0 radical (unpaired) electrons. The molecule has 3 aromatic rings. The van der Waals surface area contributed by atoms with Gasteiger partial charge in [-0.1, -0.05) is 6.07 Å². The number of hydrogen-bond donors (Lipinski definition) is 2. The Morgan fingerprint density at radius 1 is 1.06 bits per heavy atom. The molecule has 0 fully saturated rings. The molecule has 164 valence electrons. The molecule has 2 N–H and O–H groups in total. The van der Waals surface area contributed by atoms with Crippen molar-refractivity contribution in [2.75, 3.05) is 5.32 Å². The summed E-state index contributed by atoms with van der Waals surface area (Å²) in [5, 5.41) is 2.62. The summed E-state index contributed by atoms with van der Waals surface area (Å²) < 4.78 is 51.4. The third-order valence-corrected chi connectivity index (χ3v) is 5.68. The molecule has 31 heavy (non-hydrogen) atoms. The van der Waals surface area contributed by atoms with Gasteiger partial charge in [-0.15, -0.1) is 0 Å². The molecule has 0 spiro atoms. The largest absolute Gasteiger partial charge is 0.486 e. The highest BCUT2D eigenvalue weighted by Gasteiger charge is 2.22. The summed E-state index contributed by atoms with van der Waals surface area (Å²) in [6, 6.07) is 14.5. The van der Waals surface area contributed by atoms with Crippen LogP contribution < -0.4 is 14.8 Å². The number of benzene rings is 2. The van der Waals surface area contributed by atoms with E-state index in [1.807, 2.05) is 0 Å². The Balaban J connectivity index is 1.65. The predicted molar refractivity (Wildman–Crippen MR) is 114 cm³/mol. The average Bonchev–Trinajstić information content (AvgIpc) is 3.15. The maximum atomic E-state index is 12.9. The minimum absolute atomic E-state index is 0.0352. The summed E-state index contributed by atoms with van der Waals surface area (Å²) in [5.41, 5.74) is -0.333. The molecule has 2 aromatic carbocycles. The molecule has 0 aliphatic heterocycles. The van der Waals surface area contributed by atoms with Gasteiger partial charge in [0.25, 0.3) is 5.91 Å². The van der Waals surface area contributed by atoms with E-state index in [2.05, 4.69) is 10.0 Å². The molecule has 9 heteroatoms. The normalized spacial score (nSPS) is 11.9. The number of anilines is 1. The Morgan fingerprint density at radius 3 is 2.45 bits per heavy atom. The number of nitrogens with one attached hydrogen (secondary N) is 2. The summed E-state index contributed by atoms with van der Waals surface area (Å²) in [6.07, 6.45) is 0. The monoisotopic (exact) mass is 446 g/mol. The molecular weight excluding hydrogens is 423 g/mol. The van der Waals surface area contributed by atoms with Crippen LogP contribution in [0.25, 0.3) is 0 Å². The van der Waals surface area contributed by atoms with Gasteiger partial charge >= 0.3 is 0 Å². The maximum Gasteiger partial charge on any atom is 0.291 e. The van der Waals surface area contributed by atoms with Crippen LogP contribution >= 0.6 is 0 Å². The second-order valence-electron chi connectivity index (χ2n) is 7.85. The van der Waals surface area contributed by atoms with Gasteiger partial charge in [0.15, 0.2) is 5.76 Å². The number of furan rings is 1. The van der Waals surface area contributed by atoms with Crippen molar-refractivity contribution in [3.05, 3.63) is 78.0 Å². The fraction of sp³-hybridized carbons (Fsp3) is 0.227. The summed E-state index contributed by atoms with van der Waals surface area (Å²) >= 11 is 0. The SMILES string of the molecule is CC(C)(C)NS(=O)(=O)c1cccc(NC(=O)c2ccc(COc3ccc(F)cc3)o2)c1. The predicted octanol–water partition coefficient (Wildman–Crippen LogP) is 4.33. The highest BCUT2D eigenvalue weighted by atomic mass is 32.2. The van der Waals surface area contributed by atoms with Crippen LogP contribution in [-0.2, 0) is 16.6 Å². The Bertz CT molecular complexity index is 1170. The zero-order chi connectivity index (χ0) is 22.6. The zero-order valence-corrected chi connectivity index (χ0v) is 18.1. The second-order valence-corrected chi connectivity index (χ2v) is 9.53. The van der Waals surface area contributed by atoms with Gasteiger partial charge in [0, 0.05) is 11.2 Å². The van der Waals surface area contributed by atoms with E-state index >= 15 is 0 Å². The van der Waals surface area contributed by atoms with Gasteiger partial charge in [0.2, 0.25) is 10.0 Å². The van der Waals surface area contributed by atoms with E-state index in [0.717, 1.165) is 0 Å². The first kappa shape index (κ1) is 22.5. The van der Waals surface area contributed by atoms with Gasteiger partial charge < -0.3 is 14.5 Å². The number of amides is 1. The van der Waals surface area contributed by atoms with E-state index in [-0.39, 0.29) is 23.1 Å². The topological polar surface area (TPSA) is 97.6 Å². The van der Waals surface area contributed by atoms with E-state index in [1.54, 1.807) is 32.9 Å². The molecule has 1 heterocycles. The van der Waals surface area contributed by atoms with Gasteiger partial charge in [-0.3, -0.25) is 4.79 Å². The number of halogens is 1. The van der Waals surface area contributed by atoms with Crippen LogP contribution in [-0.4, -0.2) is 19.9 Å². The van der Waals surface area contributed by atoms with Gasteiger partial charge in [-0.2, -0.15) is 0 Å².